The largest absolute Gasteiger partial charge is 0.481 e. The van der Waals surface area contributed by atoms with E-state index in [9.17, 15) is 4.79 Å². The lowest BCUT2D eigenvalue weighted by Crippen LogP contribution is -2.36. The van der Waals surface area contributed by atoms with Crippen molar-refractivity contribution >= 4 is 17.6 Å². The van der Waals surface area contributed by atoms with E-state index in [-0.39, 0.29) is 5.92 Å². The SMILES string of the molecule is CN(Cc1ccccc1)c1cc(N2CCC(C(=O)O)CC2)ncn1. The number of piperidine rings is 1. The molecular weight excluding hydrogens is 304 g/mol. The molecule has 1 N–H and O–H groups in total. The number of benzene rings is 1. The van der Waals surface area contributed by atoms with Gasteiger partial charge in [-0.05, 0) is 18.4 Å². The van der Waals surface area contributed by atoms with Crippen LogP contribution in [0.4, 0.5) is 11.6 Å². The first-order chi connectivity index (χ1) is 11.6. The molecule has 0 atom stereocenters. The first kappa shape index (κ1) is 16.2. The fraction of sp³-hybridized carbons (Fsp3) is 0.389. The van der Waals surface area contributed by atoms with E-state index in [1.807, 2.05) is 31.3 Å². The molecule has 6 heteroatoms. The number of carbonyl (C=O) groups is 1. The molecule has 1 saturated heterocycles. The monoisotopic (exact) mass is 326 g/mol. The smallest absolute Gasteiger partial charge is 0.306 e. The molecule has 3 rings (SSSR count). The summed E-state index contributed by atoms with van der Waals surface area (Å²) in [5, 5.41) is 9.10. The van der Waals surface area contributed by atoms with Gasteiger partial charge in [0.05, 0.1) is 5.92 Å². The molecule has 1 aliphatic rings. The number of carboxylic acids is 1. The van der Waals surface area contributed by atoms with Crippen LogP contribution in [-0.2, 0) is 11.3 Å². The van der Waals surface area contributed by atoms with Crippen LogP contribution in [0.25, 0.3) is 0 Å². The van der Waals surface area contributed by atoms with E-state index in [2.05, 4.69) is 31.9 Å². The van der Waals surface area contributed by atoms with Crippen LogP contribution in [0.5, 0.6) is 0 Å². The second kappa shape index (κ2) is 7.29. The molecule has 24 heavy (non-hydrogen) atoms. The Kier molecular flexibility index (Phi) is 4.93. The van der Waals surface area contributed by atoms with Crippen LogP contribution in [0, 0.1) is 5.92 Å². The van der Waals surface area contributed by atoms with Gasteiger partial charge in [0, 0.05) is 32.7 Å². The molecule has 0 aliphatic carbocycles. The predicted molar refractivity (Wildman–Crippen MR) is 93.2 cm³/mol. The molecule has 1 aromatic heterocycles. The molecule has 0 unspecified atom stereocenters. The van der Waals surface area contributed by atoms with Crippen molar-refractivity contribution in [1.29, 1.82) is 0 Å². The van der Waals surface area contributed by atoms with Gasteiger partial charge in [0.2, 0.25) is 0 Å². The Morgan fingerprint density at radius 3 is 2.62 bits per heavy atom. The van der Waals surface area contributed by atoms with E-state index in [4.69, 9.17) is 5.11 Å². The molecule has 0 radical (unpaired) electrons. The van der Waals surface area contributed by atoms with Crippen molar-refractivity contribution < 1.29 is 9.90 Å². The molecule has 6 nitrogen and oxygen atoms in total. The number of aliphatic carboxylic acids is 1. The Morgan fingerprint density at radius 1 is 1.25 bits per heavy atom. The highest BCUT2D eigenvalue weighted by molar-refractivity contribution is 5.70. The van der Waals surface area contributed by atoms with Crippen molar-refractivity contribution in [3.05, 3.63) is 48.3 Å². The van der Waals surface area contributed by atoms with Gasteiger partial charge in [-0.2, -0.15) is 0 Å². The molecule has 0 spiro atoms. The first-order valence-corrected chi connectivity index (χ1v) is 8.18. The van der Waals surface area contributed by atoms with Gasteiger partial charge in [0.25, 0.3) is 0 Å². The highest BCUT2D eigenvalue weighted by Crippen LogP contribution is 2.24. The topological polar surface area (TPSA) is 69.6 Å². The third-order valence-corrected chi connectivity index (χ3v) is 4.46. The predicted octanol–water partition coefficient (Wildman–Crippen LogP) is 2.41. The van der Waals surface area contributed by atoms with Gasteiger partial charge in [-0.25, -0.2) is 9.97 Å². The van der Waals surface area contributed by atoms with E-state index in [1.54, 1.807) is 6.33 Å². The number of aromatic nitrogens is 2. The maximum Gasteiger partial charge on any atom is 0.306 e. The quantitative estimate of drug-likeness (QED) is 0.910. The Hall–Kier alpha value is -2.63. The van der Waals surface area contributed by atoms with Crippen LogP contribution < -0.4 is 9.80 Å². The summed E-state index contributed by atoms with van der Waals surface area (Å²) in [6.45, 7) is 2.21. The summed E-state index contributed by atoms with van der Waals surface area (Å²) in [5.41, 5.74) is 1.22. The van der Waals surface area contributed by atoms with Crippen molar-refractivity contribution in [2.75, 3.05) is 29.9 Å². The van der Waals surface area contributed by atoms with E-state index < -0.39 is 5.97 Å². The third kappa shape index (κ3) is 3.82. The van der Waals surface area contributed by atoms with Gasteiger partial charge in [-0.1, -0.05) is 30.3 Å². The van der Waals surface area contributed by atoms with Crippen molar-refractivity contribution in [3.8, 4) is 0 Å². The van der Waals surface area contributed by atoms with Crippen molar-refractivity contribution in [2.45, 2.75) is 19.4 Å². The molecular formula is C18H22N4O2. The van der Waals surface area contributed by atoms with E-state index in [0.717, 1.165) is 31.3 Å². The van der Waals surface area contributed by atoms with Crippen molar-refractivity contribution in [1.82, 2.24) is 9.97 Å². The van der Waals surface area contributed by atoms with E-state index in [0.29, 0.717) is 12.8 Å². The van der Waals surface area contributed by atoms with Gasteiger partial charge < -0.3 is 14.9 Å². The summed E-state index contributed by atoms with van der Waals surface area (Å²) >= 11 is 0. The summed E-state index contributed by atoms with van der Waals surface area (Å²) in [6.07, 6.45) is 2.90. The number of anilines is 2. The van der Waals surface area contributed by atoms with Crippen LogP contribution in [0.2, 0.25) is 0 Å². The van der Waals surface area contributed by atoms with Crippen molar-refractivity contribution in [3.63, 3.8) is 0 Å². The number of carboxylic acid groups (broad SMARTS) is 1. The molecule has 2 aromatic rings. The Labute approximate surface area is 141 Å². The van der Waals surface area contributed by atoms with Crippen LogP contribution in [-0.4, -0.2) is 41.2 Å². The summed E-state index contributed by atoms with van der Waals surface area (Å²) in [6, 6.07) is 12.2. The van der Waals surface area contributed by atoms with Gasteiger partial charge in [-0.15, -0.1) is 0 Å². The van der Waals surface area contributed by atoms with Gasteiger partial charge >= 0.3 is 5.97 Å². The summed E-state index contributed by atoms with van der Waals surface area (Å²) < 4.78 is 0. The minimum atomic E-state index is -0.694. The second-order valence-corrected chi connectivity index (χ2v) is 6.18. The Balaban J connectivity index is 1.67. The minimum absolute atomic E-state index is 0.233. The maximum absolute atomic E-state index is 11.1. The Bertz CT molecular complexity index is 684. The lowest BCUT2D eigenvalue weighted by molar-refractivity contribution is -0.142. The number of rotatable bonds is 5. The molecule has 1 aromatic carbocycles. The van der Waals surface area contributed by atoms with Gasteiger partial charge in [-0.3, -0.25) is 4.79 Å². The zero-order valence-corrected chi connectivity index (χ0v) is 13.8. The molecule has 1 aliphatic heterocycles. The van der Waals surface area contributed by atoms with Crippen LogP contribution in [0.15, 0.2) is 42.7 Å². The van der Waals surface area contributed by atoms with Crippen LogP contribution in [0.3, 0.4) is 0 Å². The summed E-state index contributed by atoms with van der Waals surface area (Å²) in [4.78, 5) is 24.0. The van der Waals surface area contributed by atoms with Crippen LogP contribution >= 0.6 is 0 Å². The normalized spacial score (nSPS) is 15.3. The number of hydrogen-bond donors (Lipinski definition) is 1. The zero-order chi connectivity index (χ0) is 16.9. The molecule has 0 bridgehead atoms. The van der Waals surface area contributed by atoms with Gasteiger partial charge in [0.15, 0.2) is 0 Å². The number of nitrogens with zero attached hydrogens (tertiary/aromatic N) is 4. The van der Waals surface area contributed by atoms with E-state index in [1.165, 1.54) is 5.56 Å². The fourth-order valence-electron chi connectivity index (χ4n) is 3.01. The maximum atomic E-state index is 11.1. The zero-order valence-electron chi connectivity index (χ0n) is 13.8. The highest BCUT2D eigenvalue weighted by Gasteiger charge is 2.25. The first-order valence-electron chi connectivity index (χ1n) is 8.18. The molecule has 2 heterocycles. The average molecular weight is 326 g/mol. The second-order valence-electron chi connectivity index (χ2n) is 6.18. The lowest BCUT2D eigenvalue weighted by atomic mass is 9.97. The highest BCUT2D eigenvalue weighted by atomic mass is 16.4. The summed E-state index contributed by atoms with van der Waals surface area (Å²) in [5.74, 6) is 0.803. The summed E-state index contributed by atoms with van der Waals surface area (Å²) in [7, 11) is 2.01. The molecule has 0 amide bonds. The third-order valence-electron chi connectivity index (χ3n) is 4.46. The molecule has 0 saturated carbocycles. The van der Waals surface area contributed by atoms with Gasteiger partial charge in [0.1, 0.15) is 18.0 Å². The standard InChI is InChI=1S/C18H22N4O2/c1-21(12-14-5-3-2-4-6-14)16-11-17(20-13-19-16)22-9-7-15(8-10-22)18(23)24/h2-6,11,13,15H,7-10,12H2,1H3,(H,23,24). The molecule has 126 valence electrons. The average Bonchev–Trinajstić information content (AvgIpc) is 2.63. The number of hydrogen-bond acceptors (Lipinski definition) is 5. The Morgan fingerprint density at radius 2 is 1.96 bits per heavy atom. The van der Waals surface area contributed by atoms with Crippen molar-refractivity contribution in [2.24, 2.45) is 5.92 Å². The lowest BCUT2D eigenvalue weighted by Gasteiger charge is -2.31. The molecule has 1 fully saturated rings. The fourth-order valence-corrected chi connectivity index (χ4v) is 3.01. The van der Waals surface area contributed by atoms with Crippen LogP contribution in [0.1, 0.15) is 18.4 Å². The minimum Gasteiger partial charge on any atom is -0.481 e. The van der Waals surface area contributed by atoms with E-state index >= 15 is 0 Å².